The van der Waals surface area contributed by atoms with Crippen LogP contribution in [0, 0.1) is 0 Å². The van der Waals surface area contributed by atoms with Crippen molar-refractivity contribution in [2.45, 2.75) is 45.1 Å². The summed E-state index contributed by atoms with van der Waals surface area (Å²) in [5.74, 6) is 0.650. The van der Waals surface area contributed by atoms with Gasteiger partial charge in [0.1, 0.15) is 16.8 Å². The highest BCUT2D eigenvalue weighted by atomic mass is 16.5. The van der Waals surface area contributed by atoms with Gasteiger partial charge in [-0.3, -0.25) is 4.79 Å². The summed E-state index contributed by atoms with van der Waals surface area (Å²) >= 11 is 0. The molecule has 0 aromatic carbocycles. The van der Waals surface area contributed by atoms with Crippen LogP contribution in [0.5, 0.6) is 0 Å². The number of ether oxygens (including phenoxy) is 1. The van der Waals surface area contributed by atoms with E-state index in [4.69, 9.17) is 4.74 Å². The van der Waals surface area contributed by atoms with E-state index in [1.165, 1.54) is 0 Å². The second kappa shape index (κ2) is 4.58. The molecule has 2 aromatic rings. The van der Waals surface area contributed by atoms with Crippen LogP contribution >= 0.6 is 0 Å². The maximum atomic E-state index is 12.3. The Morgan fingerprint density at radius 3 is 2.85 bits per heavy atom. The molecule has 2 heterocycles. The zero-order chi connectivity index (χ0) is 14.3. The molecule has 0 spiro atoms. The predicted molar refractivity (Wildman–Crippen MR) is 75.5 cm³/mol. The van der Waals surface area contributed by atoms with E-state index in [1.54, 1.807) is 6.20 Å². The summed E-state index contributed by atoms with van der Waals surface area (Å²) in [6, 6.07) is 4.01. The lowest BCUT2D eigenvalue weighted by molar-refractivity contribution is -0.146. The molecule has 3 rings (SSSR count). The summed E-state index contributed by atoms with van der Waals surface area (Å²) in [7, 11) is 0. The molecule has 0 radical (unpaired) electrons. The van der Waals surface area contributed by atoms with Gasteiger partial charge in [-0.2, -0.15) is 0 Å². The van der Waals surface area contributed by atoms with Crippen molar-refractivity contribution in [3.63, 3.8) is 0 Å². The van der Waals surface area contributed by atoms with E-state index in [2.05, 4.69) is 28.4 Å². The van der Waals surface area contributed by atoms with Crippen molar-refractivity contribution in [3.8, 4) is 0 Å². The lowest BCUT2D eigenvalue weighted by Gasteiger charge is -2.18. The molecule has 1 aliphatic carbocycles. The van der Waals surface area contributed by atoms with E-state index in [9.17, 15) is 4.79 Å². The molecule has 1 fully saturated rings. The zero-order valence-corrected chi connectivity index (χ0v) is 12.1. The number of rotatable bonds is 4. The van der Waals surface area contributed by atoms with E-state index >= 15 is 0 Å². The van der Waals surface area contributed by atoms with Crippen LogP contribution in [0.2, 0.25) is 0 Å². The van der Waals surface area contributed by atoms with Crippen molar-refractivity contribution in [2.24, 2.45) is 0 Å². The first kappa shape index (κ1) is 13.1. The normalized spacial score (nSPS) is 16.6. The molecule has 0 bridgehead atoms. The molecule has 20 heavy (non-hydrogen) atoms. The highest BCUT2D eigenvalue weighted by molar-refractivity contribution is 5.87. The molecule has 1 saturated carbocycles. The van der Waals surface area contributed by atoms with E-state index in [0.29, 0.717) is 6.61 Å². The Morgan fingerprint density at radius 2 is 2.25 bits per heavy atom. The van der Waals surface area contributed by atoms with Crippen molar-refractivity contribution in [2.75, 3.05) is 6.61 Å². The molecule has 0 atom stereocenters. The van der Waals surface area contributed by atoms with E-state index in [1.807, 2.05) is 19.1 Å². The number of carbonyl (C=O) groups excluding carboxylic acids is 1. The molecule has 1 aliphatic rings. The van der Waals surface area contributed by atoms with Gasteiger partial charge in [0.25, 0.3) is 0 Å². The lowest BCUT2D eigenvalue weighted by Crippen LogP contribution is -2.27. The molecule has 106 valence electrons. The van der Waals surface area contributed by atoms with Gasteiger partial charge < -0.3 is 9.30 Å². The van der Waals surface area contributed by atoms with Crippen LogP contribution in [0.4, 0.5) is 0 Å². The monoisotopic (exact) mass is 273 g/mol. The molecular weight excluding hydrogens is 254 g/mol. The van der Waals surface area contributed by atoms with Gasteiger partial charge in [0, 0.05) is 12.2 Å². The van der Waals surface area contributed by atoms with Crippen molar-refractivity contribution < 1.29 is 9.53 Å². The van der Waals surface area contributed by atoms with Gasteiger partial charge in [0.15, 0.2) is 5.65 Å². The van der Waals surface area contributed by atoms with Crippen LogP contribution in [0.25, 0.3) is 11.2 Å². The highest BCUT2D eigenvalue weighted by Gasteiger charge is 2.56. The number of aromatic nitrogens is 3. The number of imidazole rings is 1. The zero-order valence-electron chi connectivity index (χ0n) is 12.1. The number of carbonyl (C=O) groups is 1. The number of hydrogen-bond donors (Lipinski definition) is 0. The predicted octanol–water partition coefficient (Wildman–Crippen LogP) is 2.61. The van der Waals surface area contributed by atoms with Crippen LogP contribution in [0.1, 0.15) is 45.5 Å². The summed E-state index contributed by atoms with van der Waals surface area (Å²) in [4.78, 5) is 21.4. The fourth-order valence-corrected chi connectivity index (χ4v) is 2.67. The fourth-order valence-electron chi connectivity index (χ4n) is 2.67. The minimum Gasteiger partial charge on any atom is -0.465 e. The largest absolute Gasteiger partial charge is 0.465 e. The molecule has 0 N–H and O–H groups in total. The maximum Gasteiger partial charge on any atom is 0.319 e. The molecule has 5 heteroatoms. The Morgan fingerprint density at radius 1 is 1.50 bits per heavy atom. The third-order valence-corrected chi connectivity index (χ3v) is 3.81. The molecular formula is C15H19N3O2. The Kier molecular flexibility index (Phi) is 3.00. The minimum atomic E-state index is -0.555. The van der Waals surface area contributed by atoms with Crippen molar-refractivity contribution in [1.29, 1.82) is 0 Å². The summed E-state index contributed by atoms with van der Waals surface area (Å²) in [5, 5.41) is 0. The third-order valence-electron chi connectivity index (χ3n) is 3.81. The van der Waals surface area contributed by atoms with E-state index in [0.717, 1.165) is 29.8 Å². The summed E-state index contributed by atoms with van der Waals surface area (Å²) in [5.41, 5.74) is 1.13. The van der Waals surface area contributed by atoms with Crippen LogP contribution < -0.4 is 0 Å². The van der Waals surface area contributed by atoms with Crippen molar-refractivity contribution in [3.05, 3.63) is 24.2 Å². The molecule has 5 nitrogen and oxygen atoms in total. The van der Waals surface area contributed by atoms with Gasteiger partial charge in [-0.25, -0.2) is 9.97 Å². The maximum absolute atomic E-state index is 12.3. The van der Waals surface area contributed by atoms with Gasteiger partial charge in [-0.1, -0.05) is 0 Å². The van der Waals surface area contributed by atoms with Gasteiger partial charge in [-0.05, 0) is 45.7 Å². The van der Waals surface area contributed by atoms with E-state index in [-0.39, 0.29) is 12.0 Å². The SMILES string of the molecule is CCOC(=O)C1(c2nc3cccnc3n2C(C)C)CC1. The number of hydrogen-bond acceptors (Lipinski definition) is 4. The average molecular weight is 273 g/mol. The van der Waals surface area contributed by atoms with E-state index < -0.39 is 5.41 Å². The Balaban J connectivity index is 2.16. The van der Waals surface area contributed by atoms with Crippen LogP contribution in [-0.4, -0.2) is 27.1 Å². The topological polar surface area (TPSA) is 57.0 Å². The summed E-state index contributed by atoms with van der Waals surface area (Å²) < 4.78 is 7.31. The first-order valence-electron chi connectivity index (χ1n) is 7.11. The first-order chi connectivity index (χ1) is 9.60. The van der Waals surface area contributed by atoms with Gasteiger partial charge in [0.05, 0.1) is 6.61 Å². The molecule has 0 amide bonds. The second-order valence-corrected chi connectivity index (χ2v) is 5.55. The number of fused-ring (bicyclic) bond motifs is 1. The minimum absolute atomic E-state index is 0.155. The quantitative estimate of drug-likeness (QED) is 0.803. The van der Waals surface area contributed by atoms with Crippen LogP contribution in [0.3, 0.4) is 0 Å². The number of pyridine rings is 1. The van der Waals surface area contributed by atoms with Crippen molar-refractivity contribution in [1.82, 2.24) is 14.5 Å². The second-order valence-electron chi connectivity index (χ2n) is 5.55. The van der Waals surface area contributed by atoms with Crippen LogP contribution in [0.15, 0.2) is 18.3 Å². The third kappa shape index (κ3) is 1.80. The fraction of sp³-hybridized carbons (Fsp3) is 0.533. The van der Waals surface area contributed by atoms with Crippen molar-refractivity contribution >= 4 is 17.1 Å². The number of esters is 1. The average Bonchev–Trinajstić information content (AvgIpc) is 3.13. The highest BCUT2D eigenvalue weighted by Crippen LogP contribution is 2.49. The molecule has 0 unspecified atom stereocenters. The lowest BCUT2D eigenvalue weighted by atomic mass is 10.1. The summed E-state index contributed by atoms with van der Waals surface area (Å²) in [6.45, 7) is 6.41. The van der Waals surface area contributed by atoms with Gasteiger partial charge in [0.2, 0.25) is 0 Å². The first-order valence-corrected chi connectivity index (χ1v) is 7.11. The van der Waals surface area contributed by atoms with Crippen LogP contribution in [-0.2, 0) is 14.9 Å². The Bertz CT molecular complexity index is 656. The standard InChI is InChI=1S/C15H19N3O2/c1-4-20-14(19)15(7-8-15)13-17-11-6-5-9-16-12(11)18(13)10(2)3/h5-6,9-10H,4,7-8H2,1-3H3. The molecule has 0 aliphatic heterocycles. The smallest absolute Gasteiger partial charge is 0.319 e. The van der Waals surface area contributed by atoms with Gasteiger partial charge >= 0.3 is 5.97 Å². The van der Waals surface area contributed by atoms with Gasteiger partial charge in [-0.15, -0.1) is 0 Å². The Labute approximate surface area is 118 Å². The molecule has 2 aromatic heterocycles. The molecule has 0 saturated heterocycles. The number of nitrogens with zero attached hydrogens (tertiary/aromatic N) is 3. The Hall–Kier alpha value is -1.91. The summed E-state index contributed by atoms with van der Waals surface area (Å²) in [6.07, 6.45) is 3.38.